The van der Waals surface area contributed by atoms with Crippen LogP contribution < -0.4 is 0 Å². The standard InChI is InChI=1S/C9H15NO2/c1-7(2)8(9(11)12)10-5-3-4-6-10/h3-4,7-8H,5-6H2,1-2H3,(H,11,12). The first-order chi connectivity index (χ1) is 5.63. The molecule has 1 unspecified atom stereocenters. The van der Waals surface area contributed by atoms with E-state index in [1.54, 1.807) is 0 Å². The predicted molar refractivity (Wildman–Crippen MR) is 47.0 cm³/mol. The third kappa shape index (κ3) is 1.85. The maximum Gasteiger partial charge on any atom is 0.321 e. The summed E-state index contributed by atoms with van der Waals surface area (Å²) < 4.78 is 0. The van der Waals surface area contributed by atoms with Crippen LogP contribution in [0.1, 0.15) is 13.8 Å². The highest BCUT2D eigenvalue weighted by molar-refractivity contribution is 5.73. The SMILES string of the molecule is CC(C)C(C(=O)O)N1CC=CC1. The predicted octanol–water partition coefficient (Wildman–Crippen LogP) is 0.967. The van der Waals surface area contributed by atoms with Crippen molar-refractivity contribution in [3.05, 3.63) is 12.2 Å². The van der Waals surface area contributed by atoms with Gasteiger partial charge in [0.1, 0.15) is 6.04 Å². The van der Waals surface area contributed by atoms with E-state index < -0.39 is 5.97 Å². The summed E-state index contributed by atoms with van der Waals surface area (Å²) in [7, 11) is 0. The van der Waals surface area contributed by atoms with Crippen molar-refractivity contribution in [2.24, 2.45) is 5.92 Å². The van der Waals surface area contributed by atoms with Crippen LogP contribution >= 0.6 is 0 Å². The van der Waals surface area contributed by atoms with E-state index in [0.29, 0.717) is 0 Å². The topological polar surface area (TPSA) is 40.5 Å². The van der Waals surface area contributed by atoms with E-state index in [9.17, 15) is 4.79 Å². The number of hydrogen-bond donors (Lipinski definition) is 1. The van der Waals surface area contributed by atoms with Crippen LogP contribution in [-0.2, 0) is 4.79 Å². The van der Waals surface area contributed by atoms with Gasteiger partial charge in [-0.25, -0.2) is 0 Å². The Bertz CT molecular complexity index is 191. The van der Waals surface area contributed by atoms with Gasteiger partial charge in [0.25, 0.3) is 0 Å². The molecule has 0 aliphatic carbocycles. The molecule has 1 N–H and O–H groups in total. The average Bonchev–Trinajstić information content (AvgIpc) is 2.37. The second kappa shape index (κ2) is 3.72. The van der Waals surface area contributed by atoms with E-state index in [4.69, 9.17) is 5.11 Å². The van der Waals surface area contributed by atoms with Crippen molar-refractivity contribution in [1.29, 1.82) is 0 Å². The van der Waals surface area contributed by atoms with Gasteiger partial charge in [-0.1, -0.05) is 26.0 Å². The fourth-order valence-electron chi connectivity index (χ4n) is 1.58. The molecule has 0 spiro atoms. The third-order valence-corrected chi connectivity index (χ3v) is 2.12. The number of nitrogens with zero attached hydrogens (tertiary/aromatic N) is 1. The quantitative estimate of drug-likeness (QED) is 0.640. The minimum Gasteiger partial charge on any atom is -0.480 e. The molecule has 0 fully saturated rings. The molecule has 1 atom stereocenters. The molecule has 1 aliphatic heterocycles. The van der Waals surface area contributed by atoms with Crippen LogP contribution in [0.2, 0.25) is 0 Å². The van der Waals surface area contributed by atoms with Gasteiger partial charge in [0.15, 0.2) is 0 Å². The highest BCUT2D eigenvalue weighted by Gasteiger charge is 2.28. The normalized spacial score (nSPS) is 20.2. The molecule has 0 saturated carbocycles. The lowest BCUT2D eigenvalue weighted by Gasteiger charge is -2.26. The maximum atomic E-state index is 10.9. The van der Waals surface area contributed by atoms with Gasteiger partial charge in [-0.3, -0.25) is 9.69 Å². The van der Waals surface area contributed by atoms with Gasteiger partial charge in [0, 0.05) is 13.1 Å². The fourth-order valence-corrected chi connectivity index (χ4v) is 1.58. The lowest BCUT2D eigenvalue weighted by atomic mass is 10.0. The Balaban J connectivity index is 2.59. The molecule has 1 aliphatic rings. The van der Waals surface area contributed by atoms with E-state index in [1.165, 1.54) is 0 Å². The van der Waals surface area contributed by atoms with Gasteiger partial charge in [0.05, 0.1) is 0 Å². The molecule has 12 heavy (non-hydrogen) atoms. The molecular formula is C9H15NO2. The highest BCUT2D eigenvalue weighted by atomic mass is 16.4. The summed E-state index contributed by atoms with van der Waals surface area (Å²) in [4.78, 5) is 12.8. The van der Waals surface area contributed by atoms with Crippen molar-refractivity contribution >= 4 is 5.97 Å². The summed E-state index contributed by atoms with van der Waals surface area (Å²) in [5.41, 5.74) is 0. The Kier molecular flexibility index (Phi) is 2.87. The number of aliphatic carboxylic acids is 1. The number of rotatable bonds is 3. The zero-order chi connectivity index (χ0) is 9.14. The molecule has 0 radical (unpaired) electrons. The first kappa shape index (κ1) is 9.26. The van der Waals surface area contributed by atoms with Crippen molar-refractivity contribution in [1.82, 2.24) is 4.90 Å². The van der Waals surface area contributed by atoms with Crippen LogP contribution in [0, 0.1) is 5.92 Å². The molecule has 1 heterocycles. The number of carbonyl (C=O) groups is 1. The van der Waals surface area contributed by atoms with E-state index in [2.05, 4.69) is 0 Å². The minimum atomic E-state index is -0.714. The van der Waals surface area contributed by atoms with Gasteiger partial charge >= 0.3 is 5.97 Å². The monoisotopic (exact) mass is 169 g/mol. The molecule has 0 bridgehead atoms. The van der Waals surface area contributed by atoms with E-state index in [0.717, 1.165) is 13.1 Å². The second-order valence-electron chi connectivity index (χ2n) is 3.45. The van der Waals surface area contributed by atoms with Crippen molar-refractivity contribution < 1.29 is 9.90 Å². The molecule has 0 aromatic carbocycles. The van der Waals surface area contributed by atoms with E-state index in [1.807, 2.05) is 30.9 Å². The molecular weight excluding hydrogens is 154 g/mol. The Morgan fingerprint density at radius 2 is 1.92 bits per heavy atom. The number of carboxylic acids is 1. The maximum absolute atomic E-state index is 10.9. The van der Waals surface area contributed by atoms with Crippen molar-refractivity contribution in [3.63, 3.8) is 0 Å². The molecule has 0 saturated heterocycles. The third-order valence-electron chi connectivity index (χ3n) is 2.12. The molecule has 3 heteroatoms. The highest BCUT2D eigenvalue weighted by Crippen LogP contribution is 2.13. The lowest BCUT2D eigenvalue weighted by Crippen LogP contribution is -2.43. The number of carboxylic acid groups (broad SMARTS) is 1. The van der Waals surface area contributed by atoms with Crippen molar-refractivity contribution in [2.45, 2.75) is 19.9 Å². The van der Waals surface area contributed by atoms with Crippen molar-refractivity contribution in [2.75, 3.05) is 13.1 Å². The summed E-state index contributed by atoms with van der Waals surface area (Å²) in [5.74, 6) is -0.545. The Labute approximate surface area is 72.7 Å². The molecule has 1 rings (SSSR count). The van der Waals surface area contributed by atoms with Crippen molar-refractivity contribution in [3.8, 4) is 0 Å². The zero-order valence-corrected chi connectivity index (χ0v) is 7.53. The van der Waals surface area contributed by atoms with E-state index >= 15 is 0 Å². The lowest BCUT2D eigenvalue weighted by molar-refractivity contribution is -0.144. The second-order valence-corrected chi connectivity index (χ2v) is 3.45. The summed E-state index contributed by atoms with van der Waals surface area (Å²) in [5, 5.41) is 8.93. The minimum absolute atomic E-state index is 0.169. The van der Waals surface area contributed by atoms with Crippen LogP contribution in [0.15, 0.2) is 12.2 Å². The summed E-state index contributed by atoms with van der Waals surface area (Å²) in [6.07, 6.45) is 4.02. The smallest absolute Gasteiger partial charge is 0.321 e. The summed E-state index contributed by atoms with van der Waals surface area (Å²) in [6.45, 7) is 5.43. The van der Waals surface area contributed by atoms with Crippen LogP contribution in [0.4, 0.5) is 0 Å². The first-order valence-corrected chi connectivity index (χ1v) is 4.24. The van der Waals surface area contributed by atoms with Gasteiger partial charge in [0.2, 0.25) is 0 Å². The molecule has 68 valence electrons. The van der Waals surface area contributed by atoms with Gasteiger partial charge in [-0.05, 0) is 5.92 Å². The number of hydrogen-bond acceptors (Lipinski definition) is 2. The average molecular weight is 169 g/mol. The molecule has 3 nitrogen and oxygen atoms in total. The Hall–Kier alpha value is -0.830. The Morgan fingerprint density at radius 3 is 2.25 bits per heavy atom. The fraction of sp³-hybridized carbons (Fsp3) is 0.667. The van der Waals surface area contributed by atoms with Gasteiger partial charge in [-0.15, -0.1) is 0 Å². The largest absolute Gasteiger partial charge is 0.480 e. The molecule has 0 amide bonds. The van der Waals surface area contributed by atoms with Gasteiger partial charge in [-0.2, -0.15) is 0 Å². The van der Waals surface area contributed by atoms with E-state index in [-0.39, 0.29) is 12.0 Å². The molecule has 0 aromatic heterocycles. The first-order valence-electron chi connectivity index (χ1n) is 4.24. The van der Waals surface area contributed by atoms with Crippen LogP contribution in [0.5, 0.6) is 0 Å². The van der Waals surface area contributed by atoms with Crippen LogP contribution in [0.3, 0.4) is 0 Å². The Morgan fingerprint density at radius 1 is 1.42 bits per heavy atom. The summed E-state index contributed by atoms with van der Waals surface area (Å²) >= 11 is 0. The summed E-state index contributed by atoms with van der Waals surface area (Å²) in [6, 6.07) is -0.333. The zero-order valence-electron chi connectivity index (χ0n) is 7.53. The molecule has 0 aromatic rings. The van der Waals surface area contributed by atoms with Crippen LogP contribution in [0.25, 0.3) is 0 Å². The van der Waals surface area contributed by atoms with Gasteiger partial charge < -0.3 is 5.11 Å². The van der Waals surface area contributed by atoms with Crippen LogP contribution in [-0.4, -0.2) is 35.1 Å².